The van der Waals surface area contributed by atoms with Crippen molar-refractivity contribution >= 4 is 28.8 Å². The lowest BCUT2D eigenvalue weighted by molar-refractivity contribution is -0.115. The van der Waals surface area contributed by atoms with Gasteiger partial charge >= 0.3 is 6.61 Å². The average molecular weight is 485 g/mol. The van der Waals surface area contributed by atoms with Crippen molar-refractivity contribution in [2.24, 2.45) is 5.92 Å². The van der Waals surface area contributed by atoms with E-state index in [1.54, 1.807) is 24.1 Å². The second-order valence-electron chi connectivity index (χ2n) is 8.78. The van der Waals surface area contributed by atoms with E-state index in [4.69, 9.17) is 9.47 Å². The fourth-order valence-electron chi connectivity index (χ4n) is 4.59. The zero-order chi connectivity index (χ0) is 24.9. The molecule has 2 amide bonds. The minimum absolute atomic E-state index is 0.0242. The molecule has 11 heteroatoms. The van der Waals surface area contributed by atoms with Gasteiger partial charge in [0.15, 0.2) is 0 Å². The Morgan fingerprint density at radius 3 is 2.74 bits per heavy atom. The molecule has 1 aliphatic carbocycles. The zero-order valence-corrected chi connectivity index (χ0v) is 19.5. The molecule has 3 heterocycles. The van der Waals surface area contributed by atoms with Gasteiger partial charge in [0.2, 0.25) is 17.7 Å². The first-order chi connectivity index (χ1) is 16.8. The molecule has 1 aromatic carbocycles. The summed E-state index contributed by atoms with van der Waals surface area (Å²) >= 11 is 0. The number of H-pyrrole nitrogens is 1. The van der Waals surface area contributed by atoms with Gasteiger partial charge in [-0.15, -0.1) is 0 Å². The number of carbonyl (C=O) groups is 2. The summed E-state index contributed by atoms with van der Waals surface area (Å²) in [7, 11) is 1.44. The quantitative estimate of drug-likeness (QED) is 0.491. The van der Waals surface area contributed by atoms with Crippen molar-refractivity contribution < 1.29 is 27.8 Å². The highest BCUT2D eigenvalue weighted by Gasteiger charge is 2.40. The molecule has 3 aromatic rings. The van der Waals surface area contributed by atoms with Crippen LogP contribution < -0.4 is 14.8 Å². The summed E-state index contributed by atoms with van der Waals surface area (Å²) in [6.45, 7) is 0.944. The molecular formula is C24H25F2N5O4. The first-order valence-electron chi connectivity index (χ1n) is 11.5. The molecule has 2 N–H and O–H groups in total. The third-order valence-electron chi connectivity index (χ3n) is 6.59. The lowest BCUT2D eigenvalue weighted by atomic mass is 9.99. The summed E-state index contributed by atoms with van der Waals surface area (Å²) in [5.74, 6) is 0.0155. The second kappa shape index (κ2) is 8.79. The van der Waals surface area contributed by atoms with Crippen LogP contribution in [0.1, 0.15) is 49.0 Å². The van der Waals surface area contributed by atoms with E-state index in [0.717, 1.165) is 12.8 Å². The third-order valence-corrected chi connectivity index (χ3v) is 6.59. The fraction of sp³-hybridized carbons (Fsp3) is 0.417. The van der Waals surface area contributed by atoms with Gasteiger partial charge in [0, 0.05) is 30.8 Å². The van der Waals surface area contributed by atoms with Gasteiger partial charge in [-0.3, -0.25) is 14.9 Å². The van der Waals surface area contributed by atoms with Crippen LogP contribution in [0.3, 0.4) is 0 Å². The molecule has 0 unspecified atom stereocenters. The number of carbonyl (C=O) groups excluding carboxylic acids is 2. The monoisotopic (exact) mass is 485 g/mol. The van der Waals surface area contributed by atoms with Gasteiger partial charge in [-0.2, -0.15) is 18.7 Å². The molecule has 0 saturated heterocycles. The molecule has 1 saturated carbocycles. The van der Waals surface area contributed by atoms with E-state index in [1.165, 1.54) is 13.2 Å². The van der Waals surface area contributed by atoms with E-state index >= 15 is 0 Å². The van der Waals surface area contributed by atoms with Gasteiger partial charge in [0.1, 0.15) is 11.4 Å². The highest BCUT2D eigenvalue weighted by molar-refractivity contribution is 6.04. The van der Waals surface area contributed by atoms with Gasteiger partial charge in [-0.05, 0) is 48.9 Å². The number of methoxy groups -OCH3 is 1. The molecule has 1 fully saturated rings. The van der Waals surface area contributed by atoms with E-state index in [2.05, 4.69) is 20.3 Å². The van der Waals surface area contributed by atoms with E-state index < -0.39 is 6.61 Å². The standard InChI is InChI=1S/C24H25F2N5O4/c1-4-17(32)28-24-29-20-19(21(30-24)34-3)15(9-27-20)13-7-14-10-31(11(2)12-5-6-12)22(33)18(14)16(8-13)35-23(25)26/h7-9,11-12,23H,4-6,10H2,1-3H3,(H2,27,28,29,30,32)/t11-/m0/s1. The number of fused-ring (bicyclic) bond motifs is 2. The van der Waals surface area contributed by atoms with Gasteiger partial charge in [0.25, 0.3) is 5.91 Å². The zero-order valence-electron chi connectivity index (χ0n) is 19.5. The van der Waals surface area contributed by atoms with Gasteiger partial charge in [-0.25, -0.2) is 0 Å². The van der Waals surface area contributed by atoms with Crippen LogP contribution in [-0.4, -0.2) is 51.4 Å². The number of amides is 2. The van der Waals surface area contributed by atoms with Crippen molar-refractivity contribution in [3.05, 3.63) is 29.5 Å². The van der Waals surface area contributed by atoms with Crippen molar-refractivity contribution in [3.8, 4) is 22.8 Å². The van der Waals surface area contributed by atoms with Crippen molar-refractivity contribution in [2.75, 3.05) is 12.4 Å². The summed E-state index contributed by atoms with van der Waals surface area (Å²) in [4.78, 5) is 38.3. The van der Waals surface area contributed by atoms with Crippen LogP contribution in [0.5, 0.6) is 11.6 Å². The van der Waals surface area contributed by atoms with Crippen LogP contribution in [0.25, 0.3) is 22.2 Å². The Labute approximate surface area is 199 Å². The van der Waals surface area contributed by atoms with Crippen molar-refractivity contribution in [1.82, 2.24) is 19.9 Å². The van der Waals surface area contributed by atoms with Crippen molar-refractivity contribution in [2.45, 2.75) is 52.3 Å². The number of hydrogen-bond acceptors (Lipinski definition) is 6. The molecule has 35 heavy (non-hydrogen) atoms. The molecule has 184 valence electrons. The highest BCUT2D eigenvalue weighted by atomic mass is 19.3. The Balaban J connectivity index is 1.60. The Bertz CT molecular complexity index is 1320. The predicted octanol–water partition coefficient (Wildman–Crippen LogP) is 4.34. The molecule has 1 atom stereocenters. The van der Waals surface area contributed by atoms with Crippen LogP contribution in [0.15, 0.2) is 18.3 Å². The number of nitrogens with one attached hydrogen (secondary N) is 2. The number of nitrogens with zero attached hydrogens (tertiary/aromatic N) is 3. The maximum atomic E-state index is 13.3. The average Bonchev–Trinajstić information content (AvgIpc) is 3.51. The molecule has 0 bridgehead atoms. The van der Waals surface area contributed by atoms with Crippen LogP contribution in [0.2, 0.25) is 0 Å². The topological polar surface area (TPSA) is 109 Å². The smallest absolute Gasteiger partial charge is 0.387 e. The Morgan fingerprint density at radius 1 is 1.31 bits per heavy atom. The number of alkyl halides is 2. The normalized spacial score (nSPS) is 16.1. The minimum atomic E-state index is -3.08. The number of hydrogen-bond donors (Lipinski definition) is 2. The summed E-state index contributed by atoms with van der Waals surface area (Å²) in [6.07, 6.45) is 4.03. The van der Waals surface area contributed by atoms with E-state index in [0.29, 0.717) is 40.2 Å². The minimum Gasteiger partial charge on any atom is -0.480 e. The van der Waals surface area contributed by atoms with Gasteiger partial charge in [0.05, 0.1) is 18.1 Å². The highest BCUT2D eigenvalue weighted by Crippen LogP contribution is 2.43. The molecular weight excluding hydrogens is 460 g/mol. The number of benzene rings is 1. The van der Waals surface area contributed by atoms with Crippen molar-refractivity contribution in [3.63, 3.8) is 0 Å². The molecule has 2 aliphatic rings. The number of halogens is 2. The van der Waals surface area contributed by atoms with Crippen LogP contribution in [-0.2, 0) is 11.3 Å². The molecule has 9 nitrogen and oxygen atoms in total. The molecule has 1 aliphatic heterocycles. The van der Waals surface area contributed by atoms with E-state index in [-0.39, 0.29) is 47.4 Å². The second-order valence-corrected chi connectivity index (χ2v) is 8.78. The third kappa shape index (κ3) is 4.15. The predicted molar refractivity (Wildman–Crippen MR) is 123 cm³/mol. The first kappa shape index (κ1) is 23.0. The van der Waals surface area contributed by atoms with Gasteiger partial charge < -0.3 is 19.4 Å². The lowest BCUT2D eigenvalue weighted by Crippen LogP contribution is -2.34. The number of aromatic amines is 1. The Hall–Kier alpha value is -3.76. The largest absolute Gasteiger partial charge is 0.480 e. The molecule has 0 radical (unpaired) electrons. The van der Waals surface area contributed by atoms with Crippen LogP contribution in [0, 0.1) is 5.92 Å². The summed E-state index contributed by atoms with van der Waals surface area (Å²) < 4.78 is 36.9. The Kier molecular flexibility index (Phi) is 5.78. The summed E-state index contributed by atoms with van der Waals surface area (Å²) in [5.41, 5.74) is 2.33. The first-order valence-corrected chi connectivity index (χ1v) is 11.5. The lowest BCUT2D eigenvalue weighted by Gasteiger charge is -2.24. The van der Waals surface area contributed by atoms with E-state index in [1.807, 2.05) is 6.92 Å². The van der Waals surface area contributed by atoms with Crippen LogP contribution >= 0.6 is 0 Å². The van der Waals surface area contributed by atoms with Crippen molar-refractivity contribution in [1.29, 1.82) is 0 Å². The number of rotatable bonds is 8. The number of anilines is 1. The summed E-state index contributed by atoms with van der Waals surface area (Å²) in [6, 6.07) is 3.26. The van der Waals surface area contributed by atoms with E-state index in [9.17, 15) is 18.4 Å². The number of ether oxygens (including phenoxy) is 2. The SMILES string of the molecule is CCC(=O)Nc1nc(OC)c2c(-c3cc4c(c(OC(F)F)c3)C(=O)N([C@@H](C)C3CC3)C4)c[nH]c2n1. The maximum absolute atomic E-state index is 13.3. The maximum Gasteiger partial charge on any atom is 0.387 e. The Morgan fingerprint density at radius 2 is 2.09 bits per heavy atom. The summed E-state index contributed by atoms with van der Waals surface area (Å²) in [5, 5.41) is 3.11. The van der Waals surface area contributed by atoms with Crippen LogP contribution in [0.4, 0.5) is 14.7 Å². The molecule has 2 aromatic heterocycles. The molecule has 0 spiro atoms. The number of aromatic nitrogens is 3. The molecule has 5 rings (SSSR count). The van der Waals surface area contributed by atoms with Gasteiger partial charge in [-0.1, -0.05) is 6.92 Å². The fourth-order valence-corrected chi connectivity index (χ4v) is 4.59.